The van der Waals surface area contributed by atoms with E-state index in [1.165, 1.54) is 13.3 Å². The number of amides is 2. The van der Waals surface area contributed by atoms with E-state index >= 15 is 0 Å². The Bertz CT molecular complexity index is 391. The minimum Gasteiger partial charge on any atom is -0.481 e. The zero-order chi connectivity index (χ0) is 12.7. The molecule has 3 N–H and O–H groups in total. The molecule has 0 radical (unpaired) electrons. The molecule has 0 bridgehead atoms. The lowest BCUT2D eigenvalue weighted by atomic mass is 10.4. The first-order valence-corrected chi connectivity index (χ1v) is 4.87. The van der Waals surface area contributed by atoms with E-state index in [0.717, 1.165) is 0 Å². The van der Waals surface area contributed by atoms with Crippen LogP contribution in [0.2, 0.25) is 0 Å². The van der Waals surface area contributed by atoms with Crippen molar-refractivity contribution in [2.45, 2.75) is 0 Å². The normalized spacial score (nSPS) is 9.53. The summed E-state index contributed by atoms with van der Waals surface area (Å²) >= 11 is 0. The maximum Gasteiger partial charge on any atom is 0.313 e. The topological polar surface area (TPSA) is 101 Å². The standard InChI is InChI=1S/C10H13N3O4/c1-17-8-3-2-7(6-12-8)13-10(16)9(15)11-4-5-14/h2-3,6,14H,4-5H2,1H3,(H,11,15)(H,13,16). The molecule has 1 heterocycles. The van der Waals surface area contributed by atoms with Gasteiger partial charge < -0.3 is 20.5 Å². The summed E-state index contributed by atoms with van der Waals surface area (Å²) in [5.41, 5.74) is 0.384. The quantitative estimate of drug-likeness (QED) is 0.593. The lowest BCUT2D eigenvalue weighted by Crippen LogP contribution is -2.36. The van der Waals surface area contributed by atoms with E-state index in [4.69, 9.17) is 9.84 Å². The lowest BCUT2D eigenvalue weighted by molar-refractivity contribution is -0.136. The summed E-state index contributed by atoms with van der Waals surface area (Å²) in [4.78, 5) is 26.3. The Labute approximate surface area is 97.8 Å². The molecule has 1 rings (SSSR count). The van der Waals surface area contributed by atoms with Crippen molar-refractivity contribution >= 4 is 17.5 Å². The van der Waals surface area contributed by atoms with Crippen molar-refractivity contribution < 1.29 is 19.4 Å². The van der Waals surface area contributed by atoms with Crippen LogP contribution in [0.25, 0.3) is 0 Å². The molecule has 7 heteroatoms. The molecule has 0 aromatic carbocycles. The number of aliphatic hydroxyl groups excluding tert-OH is 1. The van der Waals surface area contributed by atoms with E-state index in [1.807, 2.05) is 0 Å². The Kier molecular flexibility index (Phi) is 4.89. The molecule has 92 valence electrons. The maximum atomic E-state index is 11.3. The van der Waals surface area contributed by atoms with Crippen LogP contribution in [0.4, 0.5) is 5.69 Å². The maximum absolute atomic E-state index is 11.3. The van der Waals surface area contributed by atoms with E-state index in [-0.39, 0.29) is 13.2 Å². The molecular weight excluding hydrogens is 226 g/mol. The van der Waals surface area contributed by atoms with Crippen LogP contribution in [0.15, 0.2) is 18.3 Å². The van der Waals surface area contributed by atoms with Gasteiger partial charge >= 0.3 is 11.8 Å². The van der Waals surface area contributed by atoms with Crippen LogP contribution in [0.3, 0.4) is 0 Å². The van der Waals surface area contributed by atoms with Gasteiger partial charge in [-0.05, 0) is 6.07 Å². The smallest absolute Gasteiger partial charge is 0.313 e. The second-order valence-corrected chi connectivity index (χ2v) is 3.02. The average molecular weight is 239 g/mol. The fourth-order valence-electron chi connectivity index (χ4n) is 1.01. The number of ether oxygens (including phenoxy) is 1. The van der Waals surface area contributed by atoms with Gasteiger partial charge in [0.2, 0.25) is 5.88 Å². The van der Waals surface area contributed by atoms with Gasteiger partial charge in [-0.3, -0.25) is 9.59 Å². The molecule has 0 atom stereocenters. The van der Waals surface area contributed by atoms with Crippen LogP contribution in [0, 0.1) is 0 Å². The second-order valence-electron chi connectivity index (χ2n) is 3.02. The summed E-state index contributed by atoms with van der Waals surface area (Å²) in [5, 5.41) is 13.1. The number of hydrogen-bond acceptors (Lipinski definition) is 5. The Hall–Kier alpha value is -2.15. The molecular formula is C10H13N3O4. The molecule has 0 unspecified atom stereocenters. The number of hydrogen-bond donors (Lipinski definition) is 3. The van der Waals surface area contributed by atoms with Crippen molar-refractivity contribution in [1.82, 2.24) is 10.3 Å². The number of anilines is 1. The van der Waals surface area contributed by atoms with E-state index in [2.05, 4.69) is 15.6 Å². The van der Waals surface area contributed by atoms with Crippen molar-refractivity contribution in [3.8, 4) is 5.88 Å². The molecule has 0 aliphatic rings. The number of methoxy groups -OCH3 is 1. The highest BCUT2D eigenvalue weighted by atomic mass is 16.5. The zero-order valence-electron chi connectivity index (χ0n) is 9.27. The first-order valence-electron chi connectivity index (χ1n) is 4.87. The van der Waals surface area contributed by atoms with Crippen molar-refractivity contribution in [1.29, 1.82) is 0 Å². The Balaban J connectivity index is 2.52. The Morgan fingerprint density at radius 1 is 1.41 bits per heavy atom. The largest absolute Gasteiger partial charge is 0.481 e. The van der Waals surface area contributed by atoms with Crippen LogP contribution < -0.4 is 15.4 Å². The van der Waals surface area contributed by atoms with Crippen molar-refractivity contribution in [3.63, 3.8) is 0 Å². The summed E-state index contributed by atoms with van der Waals surface area (Å²) in [6.45, 7) is -0.184. The molecule has 0 fully saturated rings. The average Bonchev–Trinajstić information content (AvgIpc) is 2.36. The highest BCUT2D eigenvalue weighted by Gasteiger charge is 2.12. The molecule has 0 aliphatic heterocycles. The van der Waals surface area contributed by atoms with Crippen LogP contribution in [-0.2, 0) is 9.59 Å². The summed E-state index contributed by atoms with van der Waals surface area (Å²) < 4.78 is 4.84. The number of carbonyl (C=O) groups excluding carboxylic acids is 2. The van der Waals surface area contributed by atoms with Gasteiger partial charge in [0.15, 0.2) is 0 Å². The monoisotopic (exact) mass is 239 g/mol. The molecule has 0 saturated heterocycles. The Morgan fingerprint density at radius 2 is 2.18 bits per heavy atom. The van der Waals surface area contributed by atoms with E-state index in [0.29, 0.717) is 11.6 Å². The molecule has 7 nitrogen and oxygen atoms in total. The predicted molar refractivity (Wildman–Crippen MR) is 59.5 cm³/mol. The third-order valence-electron chi connectivity index (χ3n) is 1.81. The van der Waals surface area contributed by atoms with Crippen molar-refractivity contribution in [3.05, 3.63) is 18.3 Å². The number of nitrogens with zero attached hydrogens (tertiary/aromatic N) is 1. The van der Waals surface area contributed by atoms with Gasteiger partial charge in [-0.1, -0.05) is 0 Å². The third kappa shape index (κ3) is 4.07. The number of nitrogens with one attached hydrogen (secondary N) is 2. The van der Waals surface area contributed by atoms with E-state index in [9.17, 15) is 9.59 Å². The highest BCUT2D eigenvalue weighted by molar-refractivity contribution is 6.39. The minimum absolute atomic E-state index is 0.0348. The number of carbonyl (C=O) groups is 2. The molecule has 1 aromatic rings. The molecule has 17 heavy (non-hydrogen) atoms. The second kappa shape index (κ2) is 6.44. The Morgan fingerprint density at radius 3 is 2.71 bits per heavy atom. The SMILES string of the molecule is COc1ccc(NC(=O)C(=O)NCCO)cn1. The fourth-order valence-corrected chi connectivity index (χ4v) is 1.01. The number of aliphatic hydroxyl groups is 1. The van der Waals surface area contributed by atoms with Gasteiger partial charge in [-0.15, -0.1) is 0 Å². The molecule has 0 saturated carbocycles. The lowest BCUT2D eigenvalue weighted by Gasteiger charge is -2.05. The molecule has 0 spiro atoms. The van der Waals surface area contributed by atoms with E-state index < -0.39 is 11.8 Å². The summed E-state index contributed by atoms with van der Waals surface area (Å²) in [6, 6.07) is 3.12. The fraction of sp³-hybridized carbons (Fsp3) is 0.300. The predicted octanol–water partition coefficient (Wildman–Crippen LogP) is -0.863. The number of aromatic nitrogens is 1. The van der Waals surface area contributed by atoms with Gasteiger partial charge in [0, 0.05) is 12.6 Å². The molecule has 0 aliphatic carbocycles. The first-order chi connectivity index (χ1) is 8.17. The van der Waals surface area contributed by atoms with Gasteiger partial charge in [0.05, 0.1) is 25.6 Å². The van der Waals surface area contributed by atoms with Crippen molar-refractivity contribution in [2.24, 2.45) is 0 Å². The van der Waals surface area contributed by atoms with Crippen molar-refractivity contribution in [2.75, 3.05) is 25.6 Å². The summed E-state index contributed by atoms with van der Waals surface area (Å²) in [6.07, 6.45) is 1.37. The van der Waals surface area contributed by atoms with Gasteiger partial charge in [0.1, 0.15) is 0 Å². The van der Waals surface area contributed by atoms with Crippen LogP contribution in [-0.4, -0.2) is 42.2 Å². The number of pyridine rings is 1. The highest BCUT2D eigenvalue weighted by Crippen LogP contribution is 2.10. The van der Waals surface area contributed by atoms with Gasteiger partial charge in [0.25, 0.3) is 0 Å². The minimum atomic E-state index is -0.814. The molecule has 1 aromatic heterocycles. The van der Waals surface area contributed by atoms with Gasteiger partial charge in [-0.2, -0.15) is 0 Å². The zero-order valence-corrected chi connectivity index (χ0v) is 9.27. The van der Waals surface area contributed by atoms with Crippen LogP contribution >= 0.6 is 0 Å². The van der Waals surface area contributed by atoms with Gasteiger partial charge in [-0.25, -0.2) is 4.98 Å². The first kappa shape index (κ1) is 12.9. The summed E-state index contributed by atoms with van der Waals surface area (Å²) in [7, 11) is 1.48. The summed E-state index contributed by atoms with van der Waals surface area (Å²) in [5.74, 6) is -1.21. The van der Waals surface area contributed by atoms with Crippen LogP contribution in [0.1, 0.15) is 0 Å². The van der Waals surface area contributed by atoms with Crippen LogP contribution in [0.5, 0.6) is 5.88 Å². The third-order valence-corrected chi connectivity index (χ3v) is 1.81. The molecule has 2 amide bonds. The van der Waals surface area contributed by atoms with E-state index in [1.54, 1.807) is 12.1 Å². The number of rotatable bonds is 4.